The number of carbonyl (C=O) groups is 1. The van der Waals surface area contributed by atoms with Gasteiger partial charge < -0.3 is 10.4 Å². The lowest BCUT2D eigenvalue weighted by molar-refractivity contribution is 0.102. The Labute approximate surface area is 123 Å². The molecule has 1 aromatic heterocycles. The number of hydrogen-bond acceptors (Lipinski definition) is 3. The molecule has 0 unspecified atom stereocenters. The highest BCUT2D eigenvalue weighted by molar-refractivity contribution is 6.06. The van der Waals surface area contributed by atoms with Gasteiger partial charge in [-0.2, -0.15) is 0 Å². The van der Waals surface area contributed by atoms with Gasteiger partial charge in [-0.25, -0.2) is 0 Å². The summed E-state index contributed by atoms with van der Waals surface area (Å²) in [6, 6.07) is 7.29. The van der Waals surface area contributed by atoms with E-state index >= 15 is 0 Å². The van der Waals surface area contributed by atoms with Gasteiger partial charge in [-0.15, -0.1) is 0 Å². The van der Waals surface area contributed by atoms with E-state index < -0.39 is 0 Å². The van der Waals surface area contributed by atoms with Gasteiger partial charge in [-0.05, 0) is 37.6 Å². The van der Waals surface area contributed by atoms with Gasteiger partial charge in [0.2, 0.25) is 0 Å². The zero-order chi connectivity index (χ0) is 15.2. The van der Waals surface area contributed by atoms with Crippen molar-refractivity contribution >= 4 is 11.6 Å². The zero-order valence-electron chi connectivity index (χ0n) is 12.0. The predicted octanol–water partition coefficient (Wildman–Crippen LogP) is 2.29. The molecule has 0 saturated carbocycles. The van der Waals surface area contributed by atoms with Crippen LogP contribution in [0.25, 0.3) is 0 Å². The van der Waals surface area contributed by atoms with Gasteiger partial charge in [0.1, 0.15) is 6.61 Å². The van der Waals surface area contributed by atoms with Crippen LogP contribution in [-0.2, 0) is 0 Å². The highest BCUT2D eigenvalue weighted by Gasteiger charge is 2.11. The monoisotopic (exact) mass is 280 g/mol. The number of hydrogen-bond donors (Lipinski definition) is 2. The van der Waals surface area contributed by atoms with Crippen molar-refractivity contribution in [2.24, 2.45) is 0 Å². The molecule has 0 aliphatic heterocycles. The lowest BCUT2D eigenvalue weighted by atomic mass is 10.0. The number of anilines is 1. The van der Waals surface area contributed by atoms with Gasteiger partial charge in [0, 0.05) is 11.8 Å². The second-order valence-corrected chi connectivity index (χ2v) is 4.71. The minimum absolute atomic E-state index is 0.239. The van der Waals surface area contributed by atoms with Gasteiger partial charge in [0.05, 0.1) is 17.4 Å². The third kappa shape index (κ3) is 3.91. The second kappa shape index (κ2) is 6.69. The van der Waals surface area contributed by atoms with Crippen LogP contribution in [0.4, 0.5) is 5.69 Å². The van der Waals surface area contributed by atoms with E-state index in [1.807, 2.05) is 26.0 Å². The number of aryl methyl sites for hydroxylation is 2. The Balaban J connectivity index is 2.32. The fraction of sp³-hybridized carbons (Fsp3) is 0.176. The summed E-state index contributed by atoms with van der Waals surface area (Å²) in [6.45, 7) is 3.58. The van der Waals surface area contributed by atoms with Crippen LogP contribution in [0.2, 0.25) is 0 Å². The van der Waals surface area contributed by atoms with E-state index in [9.17, 15) is 4.79 Å². The third-order valence-electron chi connectivity index (χ3n) is 2.85. The first-order chi connectivity index (χ1) is 10.1. The minimum Gasteiger partial charge on any atom is -0.384 e. The van der Waals surface area contributed by atoms with Gasteiger partial charge in [0.25, 0.3) is 5.91 Å². The molecule has 0 bridgehead atoms. The van der Waals surface area contributed by atoms with Crippen LogP contribution in [0.1, 0.15) is 27.0 Å². The summed E-state index contributed by atoms with van der Waals surface area (Å²) in [5, 5.41) is 11.6. The van der Waals surface area contributed by atoms with Crippen LogP contribution < -0.4 is 5.32 Å². The summed E-state index contributed by atoms with van der Waals surface area (Å²) >= 11 is 0. The molecule has 0 saturated heterocycles. The average Bonchev–Trinajstić information content (AvgIpc) is 2.46. The molecular weight excluding hydrogens is 264 g/mol. The molecule has 4 heteroatoms. The predicted molar refractivity (Wildman–Crippen MR) is 82.1 cm³/mol. The number of carbonyl (C=O) groups excluding carboxylic acids is 1. The van der Waals surface area contributed by atoms with Gasteiger partial charge in [0.15, 0.2) is 0 Å². The summed E-state index contributed by atoms with van der Waals surface area (Å²) < 4.78 is 0. The number of aliphatic hydroxyl groups is 1. The molecule has 2 aromatic rings. The van der Waals surface area contributed by atoms with Crippen molar-refractivity contribution < 1.29 is 9.90 Å². The molecular formula is C17H16N2O2. The highest BCUT2D eigenvalue weighted by Crippen LogP contribution is 2.14. The number of nitrogens with zero attached hydrogens (tertiary/aromatic N) is 1. The molecule has 106 valence electrons. The zero-order valence-corrected chi connectivity index (χ0v) is 12.0. The van der Waals surface area contributed by atoms with E-state index in [-0.39, 0.29) is 12.5 Å². The molecule has 1 amide bonds. The number of rotatable bonds is 2. The minimum atomic E-state index is -0.242. The topological polar surface area (TPSA) is 62.2 Å². The normalized spacial score (nSPS) is 9.67. The molecule has 0 atom stereocenters. The summed E-state index contributed by atoms with van der Waals surface area (Å²) in [6.07, 6.45) is 3.32. The number of aliphatic hydroxyl groups excluding tert-OH is 1. The lowest BCUT2D eigenvalue weighted by Crippen LogP contribution is -2.14. The van der Waals surface area contributed by atoms with E-state index in [1.54, 1.807) is 24.5 Å². The Morgan fingerprint density at radius 2 is 2.05 bits per heavy atom. The second-order valence-electron chi connectivity index (χ2n) is 4.71. The maximum atomic E-state index is 12.4. The number of pyridine rings is 1. The molecule has 1 heterocycles. The molecule has 0 fully saturated rings. The van der Waals surface area contributed by atoms with Crippen LogP contribution in [0.15, 0.2) is 36.7 Å². The molecule has 2 N–H and O–H groups in total. The molecule has 0 spiro atoms. The van der Waals surface area contributed by atoms with E-state index in [4.69, 9.17) is 5.11 Å². The molecule has 0 aliphatic rings. The Morgan fingerprint density at radius 3 is 2.76 bits per heavy atom. The molecule has 1 aromatic carbocycles. The maximum absolute atomic E-state index is 12.4. The van der Waals surface area contributed by atoms with Crippen molar-refractivity contribution in [3.63, 3.8) is 0 Å². The Bertz CT molecular complexity index is 727. The van der Waals surface area contributed by atoms with E-state index in [2.05, 4.69) is 22.1 Å². The van der Waals surface area contributed by atoms with Crippen molar-refractivity contribution in [2.75, 3.05) is 11.9 Å². The fourth-order valence-electron chi connectivity index (χ4n) is 1.91. The third-order valence-corrected chi connectivity index (χ3v) is 2.85. The van der Waals surface area contributed by atoms with Crippen LogP contribution in [-0.4, -0.2) is 22.6 Å². The number of nitrogens with one attached hydrogen (secondary N) is 1. The molecule has 21 heavy (non-hydrogen) atoms. The van der Waals surface area contributed by atoms with Crippen molar-refractivity contribution in [1.29, 1.82) is 0 Å². The first-order valence-electron chi connectivity index (χ1n) is 6.53. The smallest absolute Gasteiger partial charge is 0.256 e. The molecule has 4 nitrogen and oxygen atoms in total. The summed E-state index contributed by atoms with van der Waals surface area (Å²) in [7, 11) is 0. The van der Waals surface area contributed by atoms with E-state index in [0.717, 1.165) is 11.1 Å². The van der Waals surface area contributed by atoms with Crippen LogP contribution in [0, 0.1) is 25.7 Å². The van der Waals surface area contributed by atoms with Crippen LogP contribution in [0.5, 0.6) is 0 Å². The highest BCUT2D eigenvalue weighted by atomic mass is 16.2. The van der Waals surface area contributed by atoms with Gasteiger partial charge in [-0.3, -0.25) is 9.78 Å². The van der Waals surface area contributed by atoms with Crippen molar-refractivity contribution in [2.45, 2.75) is 13.8 Å². The molecule has 0 aliphatic carbocycles. The van der Waals surface area contributed by atoms with Crippen LogP contribution >= 0.6 is 0 Å². The Kier molecular flexibility index (Phi) is 4.70. The van der Waals surface area contributed by atoms with Crippen molar-refractivity contribution in [3.8, 4) is 11.8 Å². The number of amides is 1. The summed E-state index contributed by atoms with van der Waals surface area (Å²) in [5.41, 5.74) is 3.65. The summed E-state index contributed by atoms with van der Waals surface area (Å²) in [5.74, 6) is 5.11. The largest absolute Gasteiger partial charge is 0.384 e. The van der Waals surface area contributed by atoms with E-state index in [1.165, 1.54) is 0 Å². The first kappa shape index (κ1) is 14.8. The van der Waals surface area contributed by atoms with Gasteiger partial charge in [-0.1, -0.05) is 23.5 Å². The quantitative estimate of drug-likeness (QED) is 0.830. The summed E-state index contributed by atoms with van der Waals surface area (Å²) in [4.78, 5) is 16.4. The van der Waals surface area contributed by atoms with E-state index in [0.29, 0.717) is 16.8 Å². The Hall–Kier alpha value is -2.64. The van der Waals surface area contributed by atoms with Gasteiger partial charge >= 0.3 is 0 Å². The fourth-order valence-corrected chi connectivity index (χ4v) is 1.91. The molecule has 0 radical (unpaired) electrons. The Morgan fingerprint density at radius 1 is 1.24 bits per heavy atom. The standard InChI is InChI=1S/C17H16N2O2/c1-12-5-6-14(4-3-7-20)16(9-12)17(21)19-15-8-13(2)10-18-11-15/h5-6,8-11,20H,7H2,1-2H3,(H,19,21). The van der Waals surface area contributed by atoms with Crippen molar-refractivity contribution in [3.05, 3.63) is 58.9 Å². The van der Waals surface area contributed by atoms with Crippen LogP contribution in [0.3, 0.4) is 0 Å². The maximum Gasteiger partial charge on any atom is 0.256 e. The molecule has 2 rings (SSSR count). The average molecular weight is 280 g/mol. The SMILES string of the molecule is Cc1cncc(NC(=O)c2cc(C)ccc2C#CCO)c1. The first-order valence-corrected chi connectivity index (χ1v) is 6.53. The number of aromatic nitrogens is 1. The van der Waals surface area contributed by atoms with Crippen molar-refractivity contribution in [1.82, 2.24) is 4.98 Å². The number of benzene rings is 1. The lowest BCUT2D eigenvalue weighted by Gasteiger charge is -2.08.